The number of rotatable bonds is 0. The van der Waals surface area contributed by atoms with Crippen LogP contribution in [0.5, 0.6) is 0 Å². The average molecular weight is 163 g/mol. The summed E-state index contributed by atoms with van der Waals surface area (Å²) in [6.45, 7) is 7.03. The molecule has 1 atom stereocenters. The van der Waals surface area contributed by atoms with Crippen LogP contribution in [0, 0.1) is 0 Å². The molecule has 0 bridgehead atoms. The molecule has 0 radical (unpaired) electrons. The molecular formula is C7H16O2P+. The Morgan fingerprint density at radius 1 is 1.40 bits per heavy atom. The predicted octanol–water partition coefficient (Wildman–Crippen LogP) is 1.70. The third-order valence-corrected chi connectivity index (χ3v) is 6.19. The summed E-state index contributed by atoms with van der Waals surface area (Å²) in [4.78, 5) is 10.0. The van der Waals surface area contributed by atoms with Crippen LogP contribution in [0.2, 0.25) is 0 Å². The molecule has 0 saturated carbocycles. The summed E-state index contributed by atoms with van der Waals surface area (Å²) in [5.41, 5.74) is 0. The highest BCUT2D eigenvalue weighted by molar-refractivity contribution is 7.71. The summed E-state index contributed by atoms with van der Waals surface area (Å²) in [6.07, 6.45) is 1.49. The van der Waals surface area contributed by atoms with Crippen LogP contribution in [-0.2, 0) is 4.74 Å². The van der Waals surface area contributed by atoms with Gasteiger partial charge in [-0.1, -0.05) is 0 Å². The van der Waals surface area contributed by atoms with Crippen molar-refractivity contribution < 1.29 is 9.63 Å². The van der Waals surface area contributed by atoms with Crippen LogP contribution in [0.4, 0.5) is 0 Å². The minimum absolute atomic E-state index is 0.0590. The summed E-state index contributed by atoms with van der Waals surface area (Å²) >= 11 is 0. The first-order valence-corrected chi connectivity index (χ1v) is 5.75. The quantitative estimate of drug-likeness (QED) is 0.551. The number of ether oxygens (including phenoxy) is 1. The largest absolute Gasteiger partial charge is 0.340 e. The molecule has 1 heterocycles. The molecule has 1 fully saturated rings. The van der Waals surface area contributed by atoms with E-state index in [1.54, 1.807) is 0 Å². The molecule has 0 aromatic heterocycles. The lowest BCUT2D eigenvalue weighted by atomic mass is 10.3. The standard InChI is InChI=1S/C7H16O2P/c1-7(2,3)10(8)5-4-9-6-10/h8H,4-6H2,1-3H3/q+1. The molecule has 2 nitrogen and oxygen atoms in total. The van der Waals surface area contributed by atoms with Crippen LogP contribution in [0.15, 0.2) is 0 Å². The highest BCUT2D eigenvalue weighted by Crippen LogP contribution is 2.67. The van der Waals surface area contributed by atoms with Crippen molar-refractivity contribution in [3.63, 3.8) is 0 Å². The minimum atomic E-state index is -1.73. The molecule has 3 heteroatoms. The highest BCUT2D eigenvalue weighted by Gasteiger charge is 2.51. The van der Waals surface area contributed by atoms with Crippen molar-refractivity contribution in [3.05, 3.63) is 0 Å². The topological polar surface area (TPSA) is 29.5 Å². The predicted molar refractivity (Wildman–Crippen MR) is 44.6 cm³/mol. The number of hydrogen-bond acceptors (Lipinski definition) is 2. The van der Waals surface area contributed by atoms with Crippen LogP contribution in [0.1, 0.15) is 20.8 Å². The Bertz CT molecular complexity index is 122. The first-order valence-electron chi connectivity index (χ1n) is 3.63. The van der Waals surface area contributed by atoms with Gasteiger partial charge in [0.2, 0.25) is 0 Å². The summed E-state index contributed by atoms with van der Waals surface area (Å²) < 4.78 is 5.19. The van der Waals surface area contributed by atoms with E-state index in [0.717, 1.165) is 12.8 Å². The number of hydrogen-bond donors (Lipinski definition) is 1. The summed E-state index contributed by atoms with van der Waals surface area (Å²) in [6, 6.07) is 0. The lowest BCUT2D eigenvalue weighted by Crippen LogP contribution is -2.21. The van der Waals surface area contributed by atoms with Crippen LogP contribution < -0.4 is 0 Å². The fraction of sp³-hybridized carbons (Fsp3) is 1.00. The van der Waals surface area contributed by atoms with E-state index < -0.39 is 7.49 Å². The third kappa shape index (κ3) is 1.34. The Kier molecular flexibility index (Phi) is 2.06. The van der Waals surface area contributed by atoms with Crippen LogP contribution >= 0.6 is 7.49 Å². The lowest BCUT2D eigenvalue weighted by molar-refractivity contribution is 0.213. The van der Waals surface area contributed by atoms with Crippen LogP contribution in [0.25, 0.3) is 0 Å². The monoisotopic (exact) mass is 163 g/mol. The third-order valence-electron chi connectivity index (χ3n) is 2.16. The zero-order chi connectivity index (χ0) is 7.83. The molecule has 1 rings (SSSR count). The molecule has 10 heavy (non-hydrogen) atoms. The van der Waals surface area contributed by atoms with E-state index in [-0.39, 0.29) is 5.16 Å². The van der Waals surface area contributed by atoms with Crippen molar-refractivity contribution >= 4 is 7.49 Å². The van der Waals surface area contributed by atoms with Crippen molar-refractivity contribution in [1.29, 1.82) is 0 Å². The Labute approximate surface area is 63.0 Å². The SMILES string of the molecule is CC(C)(C)[P+]1(O)CCOC1. The van der Waals surface area contributed by atoms with E-state index in [4.69, 9.17) is 4.74 Å². The molecule has 1 aliphatic rings. The van der Waals surface area contributed by atoms with Crippen LogP contribution in [0.3, 0.4) is 0 Å². The normalized spacial score (nSPS) is 34.8. The molecule has 1 unspecified atom stereocenters. The van der Waals surface area contributed by atoms with Crippen molar-refractivity contribution in [2.75, 3.05) is 19.1 Å². The Balaban J connectivity index is 2.67. The first kappa shape index (κ1) is 8.45. The van der Waals surface area contributed by atoms with E-state index in [9.17, 15) is 4.89 Å². The molecular weight excluding hydrogens is 147 g/mol. The van der Waals surface area contributed by atoms with Gasteiger partial charge in [-0.05, 0) is 20.8 Å². The van der Waals surface area contributed by atoms with Gasteiger partial charge in [0.1, 0.15) is 11.3 Å². The zero-order valence-corrected chi connectivity index (χ0v) is 7.82. The second-order valence-electron chi connectivity index (χ2n) is 3.85. The first-order chi connectivity index (χ1) is 4.46. The molecule has 60 valence electrons. The second-order valence-corrected chi connectivity index (χ2v) is 7.75. The molecule has 0 aromatic rings. The van der Waals surface area contributed by atoms with Gasteiger partial charge in [-0.2, -0.15) is 0 Å². The maximum absolute atomic E-state index is 10.0. The van der Waals surface area contributed by atoms with Crippen molar-refractivity contribution in [1.82, 2.24) is 0 Å². The molecule has 1 N–H and O–H groups in total. The molecule has 0 aliphatic carbocycles. The Morgan fingerprint density at radius 3 is 2.20 bits per heavy atom. The van der Waals surface area contributed by atoms with Crippen molar-refractivity contribution in [3.8, 4) is 0 Å². The Morgan fingerprint density at radius 2 is 2.00 bits per heavy atom. The molecule has 0 aromatic carbocycles. The molecule has 0 spiro atoms. The molecule has 1 saturated heterocycles. The summed E-state index contributed by atoms with van der Waals surface area (Å²) in [5.74, 6) is 0. The summed E-state index contributed by atoms with van der Waals surface area (Å²) in [7, 11) is -1.73. The lowest BCUT2D eigenvalue weighted by Gasteiger charge is -2.26. The second kappa shape index (κ2) is 2.44. The maximum atomic E-state index is 10.0. The van der Waals surface area contributed by atoms with E-state index in [2.05, 4.69) is 20.8 Å². The van der Waals surface area contributed by atoms with Gasteiger partial charge < -0.3 is 4.74 Å². The van der Waals surface area contributed by atoms with Gasteiger partial charge in [0.25, 0.3) is 0 Å². The van der Waals surface area contributed by atoms with Gasteiger partial charge in [-0.25, -0.2) is 4.89 Å². The van der Waals surface area contributed by atoms with Crippen molar-refractivity contribution in [2.24, 2.45) is 0 Å². The molecule has 0 amide bonds. The van der Waals surface area contributed by atoms with E-state index >= 15 is 0 Å². The van der Waals surface area contributed by atoms with Crippen molar-refractivity contribution in [2.45, 2.75) is 25.9 Å². The van der Waals surface area contributed by atoms with Gasteiger partial charge in [0.05, 0.1) is 6.61 Å². The van der Waals surface area contributed by atoms with Crippen LogP contribution in [-0.4, -0.2) is 29.2 Å². The molecule has 1 aliphatic heterocycles. The van der Waals surface area contributed by atoms with Gasteiger partial charge in [0.15, 0.2) is 13.8 Å². The van der Waals surface area contributed by atoms with E-state index in [0.29, 0.717) is 6.35 Å². The Hall–Kier alpha value is 0.350. The smallest absolute Gasteiger partial charge is 0.184 e. The van der Waals surface area contributed by atoms with Gasteiger partial charge >= 0.3 is 0 Å². The highest BCUT2D eigenvalue weighted by atomic mass is 31.2. The van der Waals surface area contributed by atoms with Gasteiger partial charge in [0, 0.05) is 0 Å². The fourth-order valence-electron chi connectivity index (χ4n) is 1.02. The van der Waals surface area contributed by atoms with E-state index in [1.807, 2.05) is 0 Å². The average Bonchev–Trinajstić information content (AvgIpc) is 2.13. The zero-order valence-electron chi connectivity index (χ0n) is 6.92. The van der Waals surface area contributed by atoms with E-state index in [1.165, 1.54) is 0 Å². The fourth-order valence-corrected chi connectivity index (χ4v) is 3.07. The van der Waals surface area contributed by atoms with Gasteiger partial charge in [-0.15, -0.1) is 0 Å². The summed E-state index contributed by atoms with van der Waals surface area (Å²) in [5, 5.41) is 0.0590. The van der Waals surface area contributed by atoms with Gasteiger partial charge in [-0.3, -0.25) is 0 Å². The minimum Gasteiger partial charge on any atom is -0.340 e. The maximum Gasteiger partial charge on any atom is 0.184 e.